The summed E-state index contributed by atoms with van der Waals surface area (Å²) in [6.07, 6.45) is -4.75. The monoisotopic (exact) mass is 394 g/mol. The lowest BCUT2D eigenvalue weighted by molar-refractivity contribution is -0.188. The standard InChI is InChI=1S/C16H18ClF3N2O4/c1-26-13-3-2-9(17)6-12(13)21-5-4-14(23)22-7-10(15(24)25)11(8-22)16(18,19)20/h2-3,6,10-11,21H,4-5,7-8H2,1H3,(H,24,25)/t10-,11-/m1/s1. The number of likely N-dealkylation sites (tertiary alicyclic amines) is 1. The van der Waals surface area contributed by atoms with Crippen molar-refractivity contribution in [3.05, 3.63) is 23.2 Å². The van der Waals surface area contributed by atoms with Crippen molar-refractivity contribution in [2.75, 3.05) is 32.1 Å². The number of carbonyl (C=O) groups excluding carboxylic acids is 1. The second-order valence-corrected chi connectivity index (χ2v) is 6.35. The molecule has 0 aromatic heterocycles. The fourth-order valence-corrected chi connectivity index (χ4v) is 3.04. The summed E-state index contributed by atoms with van der Waals surface area (Å²) < 4.78 is 44.0. The van der Waals surface area contributed by atoms with Gasteiger partial charge in [0.25, 0.3) is 0 Å². The summed E-state index contributed by atoms with van der Waals surface area (Å²) in [7, 11) is 1.47. The molecule has 1 fully saturated rings. The van der Waals surface area contributed by atoms with Crippen LogP contribution in [0.15, 0.2) is 18.2 Å². The van der Waals surface area contributed by atoms with E-state index in [2.05, 4.69) is 5.32 Å². The number of ether oxygens (including phenoxy) is 1. The van der Waals surface area contributed by atoms with Gasteiger partial charge >= 0.3 is 12.1 Å². The molecule has 6 nitrogen and oxygen atoms in total. The van der Waals surface area contributed by atoms with E-state index in [1.54, 1.807) is 18.2 Å². The van der Waals surface area contributed by atoms with Gasteiger partial charge in [0.05, 0.1) is 24.6 Å². The molecule has 0 bridgehead atoms. The van der Waals surface area contributed by atoms with Gasteiger partial charge in [-0.2, -0.15) is 13.2 Å². The lowest BCUT2D eigenvalue weighted by atomic mass is 9.96. The van der Waals surface area contributed by atoms with E-state index in [9.17, 15) is 22.8 Å². The van der Waals surface area contributed by atoms with Gasteiger partial charge in [-0.1, -0.05) is 11.6 Å². The molecule has 0 radical (unpaired) electrons. The maximum Gasteiger partial charge on any atom is 0.394 e. The van der Waals surface area contributed by atoms with Crippen LogP contribution in [-0.4, -0.2) is 54.8 Å². The van der Waals surface area contributed by atoms with Crippen molar-refractivity contribution in [3.63, 3.8) is 0 Å². The Labute approximate surface area is 152 Å². The first kappa shape index (κ1) is 20.2. The van der Waals surface area contributed by atoms with Crippen molar-refractivity contribution in [3.8, 4) is 5.75 Å². The third-order valence-corrected chi connectivity index (χ3v) is 4.46. The summed E-state index contributed by atoms with van der Waals surface area (Å²) in [4.78, 5) is 24.2. The molecule has 10 heteroatoms. The van der Waals surface area contributed by atoms with Gasteiger partial charge in [-0.05, 0) is 18.2 Å². The number of carbonyl (C=O) groups is 2. The van der Waals surface area contributed by atoms with Gasteiger partial charge in [0.1, 0.15) is 5.75 Å². The second-order valence-electron chi connectivity index (χ2n) is 5.91. The van der Waals surface area contributed by atoms with E-state index >= 15 is 0 Å². The molecule has 144 valence electrons. The van der Waals surface area contributed by atoms with Crippen molar-refractivity contribution in [1.82, 2.24) is 4.90 Å². The molecule has 1 aliphatic heterocycles. The Kier molecular flexibility index (Phi) is 6.22. The second kappa shape index (κ2) is 8.03. The van der Waals surface area contributed by atoms with Gasteiger partial charge in [0.2, 0.25) is 5.91 Å². The van der Waals surface area contributed by atoms with Crippen LogP contribution in [0.4, 0.5) is 18.9 Å². The molecule has 1 aromatic carbocycles. The van der Waals surface area contributed by atoms with Crippen molar-refractivity contribution in [2.24, 2.45) is 11.8 Å². The van der Waals surface area contributed by atoms with Gasteiger partial charge in [-0.15, -0.1) is 0 Å². The van der Waals surface area contributed by atoms with Crippen molar-refractivity contribution >= 4 is 29.2 Å². The van der Waals surface area contributed by atoms with Gasteiger partial charge in [-0.25, -0.2) is 0 Å². The van der Waals surface area contributed by atoms with E-state index in [4.69, 9.17) is 21.4 Å². The van der Waals surface area contributed by atoms with Crippen LogP contribution < -0.4 is 10.1 Å². The molecule has 2 atom stereocenters. The van der Waals surface area contributed by atoms with Crippen LogP contribution in [-0.2, 0) is 9.59 Å². The molecule has 26 heavy (non-hydrogen) atoms. The van der Waals surface area contributed by atoms with Crippen LogP contribution in [0.2, 0.25) is 5.02 Å². The number of methoxy groups -OCH3 is 1. The molecule has 1 aromatic rings. The summed E-state index contributed by atoms with van der Waals surface area (Å²) in [5.74, 6) is -5.28. The van der Waals surface area contributed by atoms with E-state index in [-0.39, 0.29) is 13.0 Å². The number of anilines is 1. The molecule has 0 spiro atoms. The highest BCUT2D eigenvalue weighted by atomic mass is 35.5. The fourth-order valence-electron chi connectivity index (χ4n) is 2.87. The maximum atomic E-state index is 13.0. The number of alkyl halides is 3. The molecule has 1 heterocycles. The lowest BCUT2D eigenvalue weighted by Crippen LogP contribution is -2.34. The minimum absolute atomic E-state index is 0.0907. The van der Waals surface area contributed by atoms with Crippen LogP contribution in [0.5, 0.6) is 5.75 Å². The zero-order chi connectivity index (χ0) is 19.5. The number of aliphatic carboxylic acids is 1. The zero-order valence-corrected chi connectivity index (χ0v) is 14.6. The smallest absolute Gasteiger partial charge is 0.394 e. The normalized spacial score (nSPS) is 20.1. The number of amides is 1. The van der Waals surface area contributed by atoms with E-state index in [1.807, 2.05) is 0 Å². The average molecular weight is 395 g/mol. The SMILES string of the molecule is COc1ccc(Cl)cc1NCCC(=O)N1C[C@@H](C(F)(F)F)[C@H](C(=O)O)C1. The number of hydrogen-bond donors (Lipinski definition) is 2. The van der Waals surface area contributed by atoms with Crippen LogP contribution in [0, 0.1) is 11.8 Å². The number of benzene rings is 1. The number of hydrogen-bond acceptors (Lipinski definition) is 4. The number of carboxylic acids is 1. The summed E-state index contributed by atoms with van der Waals surface area (Å²) in [6.45, 7) is -0.945. The molecule has 1 saturated heterocycles. The predicted octanol–water partition coefficient (Wildman–Crippen LogP) is 2.87. The number of halogens is 4. The topological polar surface area (TPSA) is 78.9 Å². The Balaban J connectivity index is 1.94. The highest BCUT2D eigenvalue weighted by Gasteiger charge is 2.53. The first-order valence-corrected chi connectivity index (χ1v) is 8.16. The molecule has 2 N–H and O–H groups in total. The van der Waals surface area contributed by atoms with Crippen LogP contribution in [0.25, 0.3) is 0 Å². The van der Waals surface area contributed by atoms with Crippen LogP contribution in [0.1, 0.15) is 6.42 Å². The molecule has 2 rings (SSSR count). The van der Waals surface area contributed by atoms with Gasteiger partial charge in [0, 0.05) is 31.1 Å². The van der Waals surface area contributed by atoms with Crippen molar-refractivity contribution < 1.29 is 32.6 Å². The third-order valence-electron chi connectivity index (χ3n) is 4.23. The largest absolute Gasteiger partial charge is 0.495 e. The Bertz CT molecular complexity index is 684. The Hall–Kier alpha value is -2.16. The first-order chi connectivity index (χ1) is 12.1. The summed E-state index contributed by atoms with van der Waals surface area (Å²) >= 11 is 5.89. The van der Waals surface area contributed by atoms with Crippen LogP contribution in [0.3, 0.4) is 0 Å². The van der Waals surface area contributed by atoms with E-state index in [0.717, 1.165) is 4.90 Å². The molecule has 1 amide bonds. The Morgan fingerprint density at radius 3 is 2.62 bits per heavy atom. The van der Waals surface area contributed by atoms with Crippen molar-refractivity contribution in [1.29, 1.82) is 0 Å². The van der Waals surface area contributed by atoms with Crippen molar-refractivity contribution in [2.45, 2.75) is 12.6 Å². The van der Waals surface area contributed by atoms with E-state index in [0.29, 0.717) is 16.5 Å². The highest BCUT2D eigenvalue weighted by Crippen LogP contribution is 2.38. The number of rotatable bonds is 6. The van der Waals surface area contributed by atoms with E-state index < -0.39 is 43.0 Å². The maximum absolute atomic E-state index is 13.0. The molecular weight excluding hydrogens is 377 g/mol. The minimum atomic E-state index is -4.66. The van der Waals surface area contributed by atoms with E-state index in [1.165, 1.54) is 7.11 Å². The predicted molar refractivity (Wildman–Crippen MR) is 88.4 cm³/mol. The van der Waals surface area contributed by atoms with Gasteiger partial charge in [-0.3, -0.25) is 9.59 Å². The lowest BCUT2D eigenvalue weighted by Gasteiger charge is -2.18. The van der Waals surface area contributed by atoms with Crippen LogP contribution >= 0.6 is 11.6 Å². The Morgan fingerprint density at radius 1 is 1.38 bits per heavy atom. The number of nitrogens with zero attached hydrogens (tertiary/aromatic N) is 1. The number of nitrogens with one attached hydrogen (secondary N) is 1. The molecule has 0 saturated carbocycles. The summed E-state index contributed by atoms with van der Waals surface area (Å²) in [5.41, 5.74) is 0.547. The van der Waals surface area contributed by atoms with Gasteiger partial charge in [0.15, 0.2) is 0 Å². The highest BCUT2D eigenvalue weighted by molar-refractivity contribution is 6.30. The quantitative estimate of drug-likeness (QED) is 0.775. The summed E-state index contributed by atoms with van der Waals surface area (Å²) in [6, 6.07) is 4.86. The molecule has 0 unspecified atom stereocenters. The molecule has 0 aliphatic carbocycles. The average Bonchev–Trinajstić information content (AvgIpc) is 3.01. The zero-order valence-electron chi connectivity index (χ0n) is 13.8. The summed E-state index contributed by atoms with van der Waals surface area (Å²) in [5, 5.41) is 12.4. The molecule has 1 aliphatic rings. The molecular formula is C16H18ClF3N2O4. The first-order valence-electron chi connectivity index (χ1n) is 7.78. The minimum Gasteiger partial charge on any atom is -0.495 e. The fraction of sp³-hybridized carbons (Fsp3) is 0.500. The third kappa shape index (κ3) is 4.72. The number of carboxylic acid groups (broad SMARTS) is 1. The Morgan fingerprint density at radius 2 is 2.08 bits per heavy atom. The van der Waals surface area contributed by atoms with Gasteiger partial charge < -0.3 is 20.1 Å².